The molecule has 5 rings (SSSR count). The lowest BCUT2D eigenvalue weighted by molar-refractivity contribution is -0.138. The van der Waals surface area contributed by atoms with E-state index < -0.39 is 12.0 Å². The first-order chi connectivity index (χ1) is 18.0. The molecule has 1 aliphatic heterocycles. The molecule has 0 aliphatic carbocycles. The molecule has 3 aromatic carbocycles. The van der Waals surface area contributed by atoms with Crippen LogP contribution in [0.2, 0.25) is 0 Å². The Balaban J connectivity index is 1.81. The second kappa shape index (κ2) is 10.9. The van der Waals surface area contributed by atoms with Gasteiger partial charge in [0.1, 0.15) is 5.75 Å². The van der Waals surface area contributed by atoms with Gasteiger partial charge in [0.15, 0.2) is 4.80 Å². The van der Waals surface area contributed by atoms with Crippen LogP contribution in [0.4, 0.5) is 0 Å². The van der Waals surface area contributed by atoms with Crippen LogP contribution in [0.5, 0.6) is 5.75 Å². The number of esters is 1. The maximum Gasteiger partial charge on any atom is 0.338 e. The van der Waals surface area contributed by atoms with Crippen LogP contribution in [-0.4, -0.2) is 24.3 Å². The predicted molar refractivity (Wildman–Crippen MR) is 153 cm³/mol. The zero-order valence-electron chi connectivity index (χ0n) is 20.2. The molecule has 4 aromatic rings. The van der Waals surface area contributed by atoms with Gasteiger partial charge in [-0.05, 0) is 71.0 Å². The molecule has 0 bridgehead atoms. The highest BCUT2D eigenvalue weighted by molar-refractivity contribution is 14.1. The highest BCUT2D eigenvalue weighted by atomic mass is 127. The van der Waals surface area contributed by atoms with Crippen molar-refractivity contribution in [2.75, 3.05) is 13.7 Å². The predicted octanol–water partition coefficient (Wildman–Crippen LogP) is 4.55. The molecule has 1 aromatic heterocycles. The number of methoxy groups -OCH3 is 1. The quantitative estimate of drug-likeness (QED) is 0.234. The van der Waals surface area contributed by atoms with Gasteiger partial charge in [0, 0.05) is 9.13 Å². The second-order valence-electron chi connectivity index (χ2n) is 8.26. The van der Waals surface area contributed by atoms with Crippen molar-refractivity contribution >= 4 is 51.7 Å². The van der Waals surface area contributed by atoms with Crippen LogP contribution in [0.15, 0.2) is 94.2 Å². The van der Waals surface area contributed by atoms with E-state index in [1.165, 1.54) is 11.3 Å². The number of nitrogens with zero attached hydrogens (tertiary/aromatic N) is 2. The van der Waals surface area contributed by atoms with Crippen molar-refractivity contribution in [2.24, 2.45) is 4.99 Å². The number of hydrogen-bond donors (Lipinski definition) is 0. The monoisotopic (exact) mass is 622 g/mol. The Kier molecular flexibility index (Phi) is 7.38. The molecule has 0 unspecified atom stereocenters. The molecule has 0 saturated heterocycles. The highest BCUT2D eigenvalue weighted by Gasteiger charge is 2.35. The van der Waals surface area contributed by atoms with Gasteiger partial charge in [-0.3, -0.25) is 9.36 Å². The van der Waals surface area contributed by atoms with Crippen LogP contribution in [-0.2, 0) is 9.53 Å². The van der Waals surface area contributed by atoms with Gasteiger partial charge in [0.05, 0.1) is 35.6 Å². The Morgan fingerprint density at radius 2 is 1.76 bits per heavy atom. The second-order valence-corrected chi connectivity index (χ2v) is 10.5. The molecule has 186 valence electrons. The molecule has 6 nitrogen and oxygen atoms in total. The van der Waals surface area contributed by atoms with Gasteiger partial charge in [-0.2, -0.15) is 0 Å². The summed E-state index contributed by atoms with van der Waals surface area (Å²) in [4.78, 5) is 32.7. The first-order valence-electron chi connectivity index (χ1n) is 11.7. The minimum atomic E-state index is -0.713. The molecule has 2 heterocycles. The summed E-state index contributed by atoms with van der Waals surface area (Å²) in [5.74, 6) is 0.178. The van der Waals surface area contributed by atoms with E-state index in [0.29, 0.717) is 26.4 Å². The number of carbonyl (C=O) groups is 1. The summed E-state index contributed by atoms with van der Waals surface area (Å²) >= 11 is 3.56. The molecule has 1 aliphatic rings. The number of ether oxygens (including phenoxy) is 2. The van der Waals surface area contributed by atoms with Gasteiger partial charge in [0.2, 0.25) is 0 Å². The largest absolute Gasteiger partial charge is 0.497 e. The lowest BCUT2D eigenvalue weighted by Gasteiger charge is -2.26. The molecule has 0 fully saturated rings. The van der Waals surface area contributed by atoms with Crippen LogP contribution in [0.1, 0.15) is 29.7 Å². The number of halogens is 1. The van der Waals surface area contributed by atoms with E-state index in [1.807, 2.05) is 84.9 Å². The number of benzene rings is 3. The van der Waals surface area contributed by atoms with Crippen molar-refractivity contribution < 1.29 is 14.3 Å². The van der Waals surface area contributed by atoms with Crippen LogP contribution >= 0.6 is 33.9 Å². The maximum atomic E-state index is 13.8. The van der Waals surface area contributed by atoms with E-state index in [9.17, 15) is 9.59 Å². The van der Waals surface area contributed by atoms with Crippen LogP contribution < -0.4 is 19.6 Å². The highest BCUT2D eigenvalue weighted by Crippen LogP contribution is 2.35. The Morgan fingerprint density at radius 3 is 2.41 bits per heavy atom. The van der Waals surface area contributed by atoms with E-state index >= 15 is 0 Å². The van der Waals surface area contributed by atoms with E-state index in [2.05, 4.69) is 22.6 Å². The fourth-order valence-electron chi connectivity index (χ4n) is 4.25. The number of hydrogen-bond acceptors (Lipinski definition) is 6. The summed E-state index contributed by atoms with van der Waals surface area (Å²) in [5.41, 5.74) is 3.07. The number of rotatable bonds is 6. The fraction of sp³-hybridized carbons (Fsp3) is 0.138. The van der Waals surface area contributed by atoms with Crippen molar-refractivity contribution in [3.05, 3.63) is 124 Å². The summed E-state index contributed by atoms with van der Waals surface area (Å²) in [6.07, 6.45) is 1.86. The van der Waals surface area contributed by atoms with E-state index in [-0.39, 0.29) is 12.2 Å². The van der Waals surface area contributed by atoms with Crippen LogP contribution in [0.3, 0.4) is 0 Å². The van der Waals surface area contributed by atoms with Crippen molar-refractivity contribution in [1.29, 1.82) is 0 Å². The summed E-state index contributed by atoms with van der Waals surface area (Å²) in [6.45, 7) is 1.97. The van der Waals surface area contributed by atoms with E-state index in [1.54, 1.807) is 18.6 Å². The standard InChI is InChI=1S/C29H23IN2O4S/c1-3-36-28(34)24-25(19-7-5-4-6-8-19)31-29-32(26(24)20-11-15-22(35-2)16-12-20)27(33)23(37-29)17-18-9-13-21(30)14-10-18/h4-17,26H,3H2,1-2H3/b23-17-/t26-/m0/s1. The number of aromatic nitrogens is 1. The molecule has 0 amide bonds. The lowest BCUT2D eigenvalue weighted by atomic mass is 9.93. The van der Waals surface area contributed by atoms with Crippen LogP contribution in [0, 0.1) is 3.57 Å². The van der Waals surface area contributed by atoms with Gasteiger partial charge < -0.3 is 9.47 Å². The topological polar surface area (TPSA) is 69.9 Å². The third kappa shape index (κ3) is 5.03. The molecule has 1 atom stereocenters. The lowest BCUT2D eigenvalue weighted by Crippen LogP contribution is -2.40. The van der Waals surface area contributed by atoms with Gasteiger partial charge in [-0.15, -0.1) is 0 Å². The Hall–Kier alpha value is -3.50. The van der Waals surface area contributed by atoms with Crippen molar-refractivity contribution in [1.82, 2.24) is 4.57 Å². The molecule has 0 saturated carbocycles. The summed E-state index contributed by atoms with van der Waals surface area (Å²) in [6, 6.07) is 24.1. The van der Waals surface area contributed by atoms with E-state index in [4.69, 9.17) is 14.5 Å². The SMILES string of the molecule is CCOC(=O)C1=C(c2ccccc2)N=c2s/c(=C\c3ccc(I)cc3)c(=O)n2[C@H]1c1ccc(OC)cc1. The van der Waals surface area contributed by atoms with Crippen LogP contribution in [0.25, 0.3) is 11.8 Å². The molecular weight excluding hydrogens is 599 g/mol. The normalized spacial score (nSPS) is 15.2. The number of fused-ring (bicyclic) bond motifs is 1. The molecule has 8 heteroatoms. The summed E-state index contributed by atoms with van der Waals surface area (Å²) in [5, 5.41) is 0. The van der Waals surface area contributed by atoms with Gasteiger partial charge in [-0.25, -0.2) is 9.79 Å². The molecule has 37 heavy (non-hydrogen) atoms. The molecular formula is C29H23IN2O4S. The molecule has 0 radical (unpaired) electrons. The van der Waals surface area contributed by atoms with E-state index in [0.717, 1.165) is 20.3 Å². The molecule has 0 spiro atoms. The van der Waals surface area contributed by atoms with Gasteiger partial charge in [-0.1, -0.05) is 65.9 Å². The zero-order chi connectivity index (χ0) is 25.9. The first-order valence-corrected chi connectivity index (χ1v) is 13.6. The van der Waals surface area contributed by atoms with Gasteiger partial charge >= 0.3 is 5.97 Å². The van der Waals surface area contributed by atoms with Gasteiger partial charge in [0.25, 0.3) is 5.56 Å². The Labute approximate surface area is 231 Å². The third-order valence-corrected chi connectivity index (χ3v) is 7.68. The summed E-state index contributed by atoms with van der Waals surface area (Å²) in [7, 11) is 1.60. The summed E-state index contributed by atoms with van der Waals surface area (Å²) < 4.78 is 14.1. The fourth-order valence-corrected chi connectivity index (χ4v) is 5.61. The van der Waals surface area contributed by atoms with Crippen molar-refractivity contribution in [2.45, 2.75) is 13.0 Å². The van der Waals surface area contributed by atoms with Crippen molar-refractivity contribution in [3.63, 3.8) is 0 Å². The minimum Gasteiger partial charge on any atom is -0.497 e. The minimum absolute atomic E-state index is 0.205. The molecule has 0 N–H and O–H groups in total. The average Bonchev–Trinajstić information content (AvgIpc) is 3.24. The Bertz CT molecular complexity index is 1650. The number of carbonyl (C=O) groups excluding carboxylic acids is 1. The average molecular weight is 622 g/mol. The first kappa shape index (κ1) is 25.2. The Morgan fingerprint density at radius 1 is 1.05 bits per heavy atom. The third-order valence-electron chi connectivity index (χ3n) is 5.97. The van der Waals surface area contributed by atoms with Crippen molar-refractivity contribution in [3.8, 4) is 5.75 Å². The smallest absolute Gasteiger partial charge is 0.338 e. The zero-order valence-corrected chi connectivity index (χ0v) is 23.2. The number of thiazole rings is 1. The maximum absolute atomic E-state index is 13.8.